The number of halogens is 3. The minimum Gasteiger partial charge on any atom is -0.494 e. The fourth-order valence-electron chi connectivity index (χ4n) is 3.19. The van der Waals surface area contributed by atoms with Gasteiger partial charge in [0, 0.05) is 18.0 Å². The van der Waals surface area contributed by atoms with Crippen LogP contribution < -0.4 is 10.3 Å². The standard InChI is InChI=1S/C20H23F3N2O2/c21-20(22,23)16-5-10-19(26)25(15-16)17-6-8-18(9-7-17)27-14-4-3-13-24-11-1-2-12-24/h5-10,15H,1-4,11-14H2. The van der Waals surface area contributed by atoms with Crippen LogP contribution in [0.25, 0.3) is 5.69 Å². The van der Waals surface area contributed by atoms with Crippen LogP contribution in [-0.4, -0.2) is 35.7 Å². The van der Waals surface area contributed by atoms with Gasteiger partial charge in [-0.3, -0.25) is 9.36 Å². The van der Waals surface area contributed by atoms with Crippen molar-refractivity contribution >= 4 is 0 Å². The van der Waals surface area contributed by atoms with E-state index >= 15 is 0 Å². The molecule has 1 fully saturated rings. The summed E-state index contributed by atoms with van der Waals surface area (Å²) >= 11 is 0. The molecule has 2 aromatic rings. The first-order valence-corrected chi connectivity index (χ1v) is 9.19. The fraction of sp³-hybridized carbons (Fsp3) is 0.450. The molecule has 0 atom stereocenters. The van der Waals surface area contributed by atoms with E-state index < -0.39 is 17.3 Å². The number of benzene rings is 1. The Kier molecular flexibility index (Phi) is 6.21. The van der Waals surface area contributed by atoms with Crippen molar-refractivity contribution in [1.82, 2.24) is 9.47 Å². The SMILES string of the molecule is O=c1ccc(C(F)(F)F)cn1-c1ccc(OCCCCN2CCCC2)cc1. The summed E-state index contributed by atoms with van der Waals surface area (Å²) in [4.78, 5) is 14.4. The molecule has 1 aliphatic rings. The Hall–Kier alpha value is -2.28. The molecule has 146 valence electrons. The van der Waals surface area contributed by atoms with Crippen LogP contribution in [0.5, 0.6) is 5.75 Å². The van der Waals surface area contributed by atoms with Crippen molar-refractivity contribution in [3.05, 3.63) is 58.5 Å². The molecule has 0 amide bonds. The molecule has 1 aromatic carbocycles. The van der Waals surface area contributed by atoms with Crippen molar-refractivity contribution in [3.8, 4) is 11.4 Å². The Balaban J connectivity index is 1.55. The highest BCUT2D eigenvalue weighted by molar-refractivity contribution is 5.38. The average molecular weight is 380 g/mol. The number of aromatic nitrogens is 1. The summed E-state index contributed by atoms with van der Waals surface area (Å²) < 4.78 is 45.2. The van der Waals surface area contributed by atoms with Crippen LogP contribution in [0.1, 0.15) is 31.2 Å². The third-order valence-electron chi connectivity index (χ3n) is 4.69. The van der Waals surface area contributed by atoms with Crippen molar-refractivity contribution in [2.75, 3.05) is 26.2 Å². The lowest BCUT2D eigenvalue weighted by Gasteiger charge is -2.14. The molecule has 7 heteroatoms. The summed E-state index contributed by atoms with van der Waals surface area (Å²) in [6, 6.07) is 8.22. The fourth-order valence-corrected chi connectivity index (χ4v) is 3.19. The number of unbranched alkanes of at least 4 members (excludes halogenated alkanes) is 1. The first-order valence-electron chi connectivity index (χ1n) is 9.19. The van der Waals surface area contributed by atoms with E-state index in [0.717, 1.165) is 42.3 Å². The van der Waals surface area contributed by atoms with E-state index in [0.29, 0.717) is 18.0 Å². The molecule has 0 unspecified atom stereocenters. The third-order valence-corrected chi connectivity index (χ3v) is 4.69. The minimum absolute atomic E-state index is 0.368. The summed E-state index contributed by atoms with van der Waals surface area (Å²) in [6.07, 6.45) is 0.933. The molecule has 0 saturated carbocycles. The van der Waals surface area contributed by atoms with Crippen molar-refractivity contribution in [3.63, 3.8) is 0 Å². The van der Waals surface area contributed by atoms with Gasteiger partial charge < -0.3 is 9.64 Å². The number of hydrogen-bond donors (Lipinski definition) is 0. The highest BCUT2D eigenvalue weighted by Crippen LogP contribution is 2.28. The molecule has 3 rings (SSSR count). The van der Waals surface area contributed by atoms with Crippen LogP contribution >= 0.6 is 0 Å². The molecule has 2 heterocycles. The molecule has 0 radical (unpaired) electrons. The van der Waals surface area contributed by atoms with Gasteiger partial charge in [-0.2, -0.15) is 13.2 Å². The molecular weight excluding hydrogens is 357 g/mol. The number of nitrogens with zero attached hydrogens (tertiary/aromatic N) is 2. The molecule has 0 spiro atoms. The Morgan fingerprint density at radius 1 is 0.963 bits per heavy atom. The normalized spacial score (nSPS) is 15.2. The van der Waals surface area contributed by atoms with E-state index in [1.165, 1.54) is 25.9 Å². The molecule has 1 aromatic heterocycles. The van der Waals surface area contributed by atoms with Gasteiger partial charge in [0.25, 0.3) is 5.56 Å². The number of likely N-dealkylation sites (tertiary alicyclic amines) is 1. The highest BCUT2D eigenvalue weighted by Gasteiger charge is 2.31. The summed E-state index contributed by atoms with van der Waals surface area (Å²) in [7, 11) is 0. The van der Waals surface area contributed by atoms with E-state index in [2.05, 4.69) is 4.90 Å². The van der Waals surface area contributed by atoms with Gasteiger partial charge in [-0.05, 0) is 75.6 Å². The van der Waals surface area contributed by atoms with Crippen molar-refractivity contribution in [2.24, 2.45) is 0 Å². The van der Waals surface area contributed by atoms with Crippen molar-refractivity contribution in [2.45, 2.75) is 31.9 Å². The van der Waals surface area contributed by atoms with Gasteiger partial charge in [-0.15, -0.1) is 0 Å². The van der Waals surface area contributed by atoms with E-state index in [1.807, 2.05) is 0 Å². The van der Waals surface area contributed by atoms with Gasteiger partial charge in [0.1, 0.15) is 5.75 Å². The van der Waals surface area contributed by atoms with Crippen molar-refractivity contribution in [1.29, 1.82) is 0 Å². The largest absolute Gasteiger partial charge is 0.494 e. The van der Waals surface area contributed by atoms with E-state index in [-0.39, 0.29) is 0 Å². The van der Waals surface area contributed by atoms with Gasteiger partial charge in [0.15, 0.2) is 0 Å². The third kappa shape index (κ3) is 5.35. The second kappa shape index (κ2) is 8.61. The van der Waals surface area contributed by atoms with Gasteiger partial charge >= 0.3 is 6.18 Å². The number of rotatable bonds is 7. The predicted molar refractivity (Wildman–Crippen MR) is 97.4 cm³/mol. The summed E-state index contributed by atoms with van der Waals surface area (Å²) in [6.45, 7) is 4.08. The monoisotopic (exact) mass is 380 g/mol. The topological polar surface area (TPSA) is 34.5 Å². The van der Waals surface area contributed by atoms with Gasteiger partial charge in [0.05, 0.1) is 12.2 Å². The van der Waals surface area contributed by atoms with Crippen LogP contribution in [0.3, 0.4) is 0 Å². The zero-order chi connectivity index (χ0) is 19.3. The minimum atomic E-state index is -4.49. The second-order valence-electron chi connectivity index (χ2n) is 6.72. The molecule has 4 nitrogen and oxygen atoms in total. The first-order chi connectivity index (χ1) is 12.9. The maximum atomic E-state index is 12.8. The highest BCUT2D eigenvalue weighted by atomic mass is 19.4. The molecular formula is C20H23F3N2O2. The Morgan fingerprint density at radius 3 is 2.33 bits per heavy atom. The van der Waals surface area contributed by atoms with Gasteiger partial charge in [-0.1, -0.05) is 0 Å². The average Bonchev–Trinajstić information content (AvgIpc) is 3.15. The zero-order valence-corrected chi connectivity index (χ0v) is 15.0. The first kappa shape index (κ1) is 19.5. The maximum absolute atomic E-state index is 12.8. The lowest BCUT2D eigenvalue weighted by Crippen LogP contribution is -2.20. The van der Waals surface area contributed by atoms with Crippen LogP contribution in [-0.2, 0) is 6.18 Å². The molecule has 0 N–H and O–H groups in total. The molecule has 1 saturated heterocycles. The van der Waals surface area contributed by atoms with Gasteiger partial charge in [-0.25, -0.2) is 0 Å². The zero-order valence-electron chi connectivity index (χ0n) is 15.0. The lowest BCUT2D eigenvalue weighted by atomic mass is 10.2. The number of hydrogen-bond acceptors (Lipinski definition) is 3. The van der Waals surface area contributed by atoms with Crippen LogP contribution in [0.4, 0.5) is 13.2 Å². The van der Waals surface area contributed by atoms with Gasteiger partial charge in [0.2, 0.25) is 0 Å². The number of pyridine rings is 1. The van der Waals surface area contributed by atoms with E-state index in [9.17, 15) is 18.0 Å². The smallest absolute Gasteiger partial charge is 0.417 e. The van der Waals surface area contributed by atoms with Crippen molar-refractivity contribution < 1.29 is 17.9 Å². The van der Waals surface area contributed by atoms with Crippen LogP contribution in [0.15, 0.2) is 47.4 Å². The predicted octanol–water partition coefficient (Wildman–Crippen LogP) is 4.11. The Bertz CT molecular complexity index is 794. The van der Waals surface area contributed by atoms with E-state index in [4.69, 9.17) is 4.74 Å². The van der Waals surface area contributed by atoms with Crippen LogP contribution in [0.2, 0.25) is 0 Å². The quantitative estimate of drug-likeness (QED) is 0.678. The van der Waals surface area contributed by atoms with E-state index in [1.54, 1.807) is 24.3 Å². The summed E-state index contributed by atoms with van der Waals surface area (Å²) in [5, 5.41) is 0. The Morgan fingerprint density at radius 2 is 1.67 bits per heavy atom. The molecule has 0 aliphatic carbocycles. The summed E-state index contributed by atoms with van der Waals surface area (Å²) in [5.74, 6) is 0.639. The van der Waals surface area contributed by atoms with Crippen LogP contribution in [0, 0.1) is 0 Å². The second-order valence-corrected chi connectivity index (χ2v) is 6.72. The Labute approximate surface area is 156 Å². The number of alkyl halides is 3. The number of ether oxygens (including phenoxy) is 1. The lowest BCUT2D eigenvalue weighted by molar-refractivity contribution is -0.138. The summed E-state index contributed by atoms with van der Waals surface area (Å²) in [5.41, 5.74) is -1.01. The maximum Gasteiger partial charge on any atom is 0.417 e. The molecule has 27 heavy (non-hydrogen) atoms. The molecule has 0 bridgehead atoms. The molecule has 1 aliphatic heterocycles.